The molecule has 0 spiro atoms. The molecule has 1 aliphatic rings. The van der Waals surface area contributed by atoms with E-state index in [9.17, 15) is 22.8 Å². The topological polar surface area (TPSA) is 64.0 Å². The minimum absolute atomic E-state index is 0.0587. The fraction of sp³-hybridized carbons (Fsp3) is 0.250. The largest absolute Gasteiger partial charge is 0.497 e. The second kappa shape index (κ2) is 11.3. The summed E-state index contributed by atoms with van der Waals surface area (Å²) >= 11 is 0. The van der Waals surface area contributed by atoms with Gasteiger partial charge in [0.15, 0.2) is 0 Å². The fourth-order valence-electron chi connectivity index (χ4n) is 5.29. The van der Waals surface area contributed by atoms with Crippen LogP contribution in [-0.4, -0.2) is 48.1 Å². The number of carbonyl (C=O) groups is 2. The minimum Gasteiger partial charge on any atom is -0.497 e. The van der Waals surface area contributed by atoms with Gasteiger partial charge in [0.05, 0.1) is 36.9 Å². The molecular formula is C32H30F3N3O4. The molecule has 0 saturated carbocycles. The lowest BCUT2D eigenvalue weighted by Gasteiger charge is -2.40. The van der Waals surface area contributed by atoms with E-state index in [1.807, 2.05) is 53.2 Å². The van der Waals surface area contributed by atoms with E-state index in [2.05, 4.69) is 0 Å². The quantitative estimate of drug-likeness (QED) is 0.252. The highest BCUT2D eigenvalue weighted by Crippen LogP contribution is 2.45. The molecule has 2 amide bonds. The Bertz CT molecular complexity index is 1610. The van der Waals surface area contributed by atoms with Crippen LogP contribution < -0.4 is 14.4 Å². The van der Waals surface area contributed by atoms with Crippen LogP contribution in [-0.2, 0) is 11.0 Å². The van der Waals surface area contributed by atoms with Crippen molar-refractivity contribution >= 4 is 17.5 Å². The van der Waals surface area contributed by atoms with Gasteiger partial charge in [-0.15, -0.1) is 0 Å². The third kappa shape index (κ3) is 5.20. The highest BCUT2D eigenvalue weighted by Gasteiger charge is 2.39. The van der Waals surface area contributed by atoms with Crippen LogP contribution in [0.2, 0.25) is 0 Å². The number of amides is 2. The molecular weight excluding hydrogens is 547 g/mol. The lowest BCUT2D eigenvalue weighted by atomic mass is 9.96. The van der Waals surface area contributed by atoms with E-state index in [1.54, 1.807) is 45.1 Å². The van der Waals surface area contributed by atoms with Crippen LogP contribution in [0.3, 0.4) is 0 Å². The summed E-state index contributed by atoms with van der Waals surface area (Å²) in [6.45, 7) is 3.20. The summed E-state index contributed by atoms with van der Waals surface area (Å²) in [5.74, 6) is 0.207. The predicted molar refractivity (Wildman–Crippen MR) is 152 cm³/mol. The maximum Gasteiger partial charge on any atom is 0.416 e. The Balaban J connectivity index is 1.58. The highest BCUT2D eigenvalue weighted by molar-refractivity contribution is 6.03. The number of carbonyl (C=O) groups excluding carboxylic acids is 2. The summed E-state index contributed by atoms with van der Waals surface area (Å²) in [4.78, 5) is 30.9. The van der Waals surface area contributed by atoms with E-state index in [4.69, 9.17) is 9.47 Å². The van der Waals surface area contributed by atoms with Gasteiger partial charge in [0.1, 0.15) is 24.1 Å². The first-order valence-corrected chi connectivity index (χ1v) is 13.3. The first-order valence-electron chi connectivity index (χ1n) is 13.3. The summed E-state index contributed by atoms with van der Waals surface area (Å²) in [5.41, 5.74) is 2.11. The van der Waals surface area contributed by atoms with E-state index in [-0.39, 0.29) is 18.0 Å². The maximum atomic E-state index is 14.4. The van der Waals surface area contributed by atoms with E-state index in [0.29, 0.717) is 22.7 Å². The van der Waals surface area contributed by atoms with Crippen LogP contribution >= 0.6 is 0 Å². The normalized spacial score (nSPS) is 14.3. The van der Waals surface area contributed by atoms with Crippen LogP contribution in [0.1, 0.15) is 47.1 Å². The molecule has 0 aliphatic carbocycles. The third-order valence-corrected chi connectivity index (χ3v) is 7.37. The van der Waals surface area contributed by atoms with Gasteiger partial charge in [0.2, 0.25) is 5.91 Å². The second-order valence-corrected chi connectivity index (χ2v) is 10.2. The zero-order valence-electron chi connectivity index (χ0n) is 23.6. The molecule has 1 aromatic heterocycles. The number of hydrogen-bond donors (Lipinski definition) is 0. The molecule has 42 heavy (non-hydrogen) atoms. The standard InChI is InChI=1S/C32H30F3N3O4/c1-20(2)37(31(40)21-11-13-22(14-12-21)32(33,34)35)19-29(39)38-26-9-6-5-8-25(26)36-17-7-10-27(36)30(38)24-18-23(41-3)15-16-28(24)42-4/h5-18,20,30H,19H2,1-4H3. The molecule has 218 valence electrons. The van der Waals surface area contributed by atoms with Crippen LogP contribution in [0.15, 0.2) is 85.1 Å². The molecule has 0 bridgehead atoms. The van der Waals surface area contributed by atoms with Crippen molar-refractivity contribution in [3.8, 4) is 17.2 Å². The molecule has 0 N–H and O–H groups in total. The molecule has 1 atom stereocenters. The van der Waals surface area contributed by atoms with Gasteiger partial charge in [-0.3, -0.25) is 14.5 Å². The number of hydrogen-bond acceptors (Lipinski definition) is 4. The number of anilines is 1. The number of aromatic nitrogens is 1. The smallest absolute Gasteiger partial charge is 0.416 e. The summed E-state index contributed by atoms with van der Waals surface area (Å²) in [6, 6.07) is 19.6. The predicted octanol–water partition coefficient (Wildman–Crippen LogP) is 6.50. The van der Waals surface area contributed by atoms with E-state index in [0.717, 1.165) is 35.6 Å². The van der Waals surface area contributed by atoms with Crippen molar-refractivity contribution in [1.29, 1.82) is 0 Å². The monoisotopic (exact) mass is 577 g/mol. The Labute approximate surface area is 241 Å². The van der Waals surface area contributed by atoms with Gasteiger partial charge in [-0.2, -0.15) is 13.2 Å². The maximum absolute atomic E-state index is 14.4. The number of halogens is 3. The molecule has 5 rings (SSSR count). The number of rotatable bonds is 7. The van der Waals surface area contributed by atoms with Crippen molar-refractivity contribution in [3.63, 3.8) is 0 Å². The van der Waals surface area contributed by atoms with Crippen LogP contribution in [0.5, 0.6) is 11.5 Å². The Morgan fingerprint density at radius 1 is 0.905 bits per heavy atom. The average molecular weight is 578 g/mol. The van der Waals surface area contributed by atoms with Gasteiger partial charge in [0.25, 0.3) is 5.91 Å². The van der Waals surface area contributed by atoms with E-state index >= 15 is 0 Å². The molecule has 2 heterocycles. The molecule has 0 radical (unpaired) electrons. The Morgan fingerprint density at radius 3 is 2.21 bits per heavy atom. The lowest BCUT2D eigenvalue weighted by Crippen LogP contribution is -2.48. The lowest BCUT2D eigenvalue weighted by molar-refractivity contribution is -0.137. The number of fused-ring (bicyclic) bond motifs is 3. The molecule has 1 aliphatic heterocycles. The van der Waals surface area contributed by atoms with Crippen LogP contribution in [0, 0.1) is 0 Å². The summed E-state index contributed by atoms with van der Waals surface area (Å²) in [5, 5.41) is 0. The number of benzene rings is 3. The van der Waals surface area contributed by atoms with Gasteiger partial charge in [-0.1, -0.05) is 12.1 Å². The first-order chi connectivity index (χ1) is 20.0. The number of ether oxygens (including phenoxy) is 2. The zero-order chi connectivity index (χ0) is 30.2. The Kier molecular flexibility index (Phi) is 7.73. The van der Waals surface area contributed by atoms with Crippen LogP contribution in [0.25, 0.3) is 5.69 Å². The van der Waals surface area contributed by atoms with Gasteiger partial charge < -0.3 is 18.9 Å². The molecule has 1 unspecified atom stereocenters. The third-order valence-electron chi connectivity index (χ3n) is 7.37. The number of alkyl halides is 3. The van der Waals surface area contributed by atoms with Gasteiger partial charge in [-0.05, 0) is 80.6 Å². The van der Waals surface area contributed by atoms with Crippen molar-refractivity contribution in [2.45, 2.75) is 32.1 Å². The number of para-hydroxylation sites is 2. The SMILES string of the molecule is COc1ccc(OC)c(C2c3cccn3-c3ccccc3N2C(=O)CN(C(=O)c2ccc(C(F)(F)F)cc2)C(C)C)c1. The fourth-order valence-corrected chi connectivity index (χ4v) is 5.29. The molecule has 0 saturated heterocycles. The molecule has 4 aromatic rings. The summed E-state index contributed by atoms with van der Waals surface area (Å²) in [7, 11) is 3.11. The molecule has 3 aromatic carbocycles. The molecule has 10 heteroatoms. The number of methoxy groups -OCH3 is 2. The van der Waals surface area contributed by atoms with Gasteiger partial charge in [0, 0.05) is 23.4 Å². The average Bonchev–Trinajstić information content (AvgIpc) is 3.48. The van der Waals surface area contributed by atoms with Crippen molar-refractivity contribution in [3.05, 3.63) is 107 Å². The minimum atomic E-state index is -4.52. The van der Waals surface area contributed by atoms with Crippen molar-refractivity contribution in [2.75, 3.05) is 25.7 Å². The van der Waals surface area contributed by atoms with Gasteiger partial charge in [-0.25, -0.2) is 0 Å². The summed E-state index contributed by atoms with van der Waals surface area (Å²) in [6.07, 6.45) is -2.60. The molecule has 7 nitrogen and oxygen atoms in total. The zero-order valence-corrected chi connectivity index (χ0v) is 23.6. The molecule has 0 fully saturated rings. The highest BCUT2D eigenvalue weighted by atomic mass is 19.4. The van der Waals surface area contributed by atoms with Crippen molar-refractivity contribution < 1.29 is 32.2 Å². The number of nitrogens with zero attached hydrogens (tertiary/aromatic N) is 3. The van der Waals surface area contributed by atoms with E-state index in [1.165, 1.54) is 4.90 Å². The Morgan fingerprint density at radius 2 is 1.60 bits per heavy atom. The first kappa shape index (κ1) is 28.8. The van der Waals surface area contributed by atoms with Crippen molar-refractivity contribution in [1.82, 2.24) is 9.47 Å². The Hall–Kier alpha value is -4.73. The van der Waals surface area contributed by atoms with Crippen LogP contribution in [0.4, 0.5) is 18.9 Å². The van der Waals surface area contributed by atoms with Gasteiger partial charge >= 0.3 is 6.18 Å². The summed E-state index contributed by atoms with van der Waals surface area (Å²) < 4.78 is 52.5. The van der Waals surface area contributed by atoms with Crippen molar-refractivity contribution in [2.24, 2.45) is 0 Å². The second-order valence-electron chi connectivity index (χ2n) is 10.2. The van der Waals surface area contributed by atoms with E-state index < -0.39 is 29.7 Å².